The van der Waals surface area contributed by atoms with E-state index in [4.69, 9.17) is 4.74 Å². The molecule has 0 unspecified atom stereocenters. The summed E-state index contributed by atoms with van der Waals surface area (Å²) in [5.41, 5.74) is 0. The van der Waals surface area contributed by atoms with Gasteiger partial charge in [-0.1, -0.05) is 6.92 Å². The standard InChI is InChI=1S/C12H24N2O3/c1-4-8-14(10-12(16)17-6-3)9-7-11(15)13-5-2/h4-10H2,1-3H3,(H,13,15). The Kier molecular flexibility index (Phi) is 9.43. The van der Waals surface area contributed by atoms with Crippen molar-refractivity contribution in [1.82, 2.24) is 10.2 Å². The van der Waals surface area contributed by atoms with Crippen LogP contribution in [0, 0.1) is 0 Å². The summed E-state index contributed by atoms with van der Waals surface area (Å²) in [5.74, 6) is -0.200. The molecule has 0 radical (unpaired) electrons. The van der Waals surface area contributed by atoms with E-state index < -0.39 is 0 Å². The molecular weight excluding hydrogens is 220 g/mol. The molecule has 1 amide bonds. The lowest BCUT2D eigenvalue weighted by atomic mass is 10.3. The van der Waals surface area contributed by atoms with Gasteiger partial charge in [0.1, 0.15) is 0 Å². The molecule has 0 atom stereocenters. The molecule has 5 heteroatoms. The molecule has 0 spiro atoms. The second-order valence-electron chi connectivity index (χ2n) is 3.78. The predicted molar refractivity (Wildman–Crippen MR) is 66.7 cm³/mol. The molecule has 0 fully saturated rings. The van der Waals surface area contributed by atoms with Crippen molar-refractivity contribution in [2.75, 3.05) is 32.8 Å². The van der Waals surface area contributed by atoms with E-state index in [9.17, 15) is 9.59 Å². The Morgan fingerprint density at radius 2 is 1.88 bits per heavy atom. The normalized spacial score (nSPS) is 10.4. The van der Waals surface area contributed by atoms with E-state index in [1.54, 1.807) is 6.92 Å². The third-order valence-electron chi connectivity index (χ3n) is 2.23. The summed E-state index contributed by atoms with van der Waals surface area (Å²) in [6.45, 7) is 8.43. The van der Waals surface area contributed by atoms with Crippen molar-refractivity contribution in [2.24, 2.45) is 0 Å². The topological polar surface area (TPSA) is 58.6 Å². The Labute approximate surface area is 103 Å². The number of hydrogen-bond acceptors (Lipinski definition) is 4. The number of nitrogens with zero attached hydrogens (tertiary/aromatic N) is 1. The van der Waals surface area contributed by atoms with Crippen LogP contribution in [0.2, 0.25) is 0 Å². The van der Waals surface area contributed by atoms with Gasteiger partial charge in [-0.3, -0.25) is 14.5 Å². The average Bonchev–Trinajstić information content (AvgIpc) is 2.27. The van der Waals surface area contributed by atoms with Gasteiger partial charge in [0.2, 0.25) is 5.91 Å². The molecule has 17 heavy (non-hydrogen) atoms. The highest BCUT2D eigenvalue weighted by Crippen LogP contribution is 1.96. The van der Waals surface area contributed by atoms with Crippen LogP contribution in [0.4, 0.5) is 0 Å². The fraction of sp³-hybridized carbons (Fsp3) is 0.833. The third-order valence-corrected chi connectivity index (χ3v) is 2.23. The first-order valence-electron chi connectivity index (χ1n) is 6.28. The van der Waals surface area contributed by atoms with Gasteiger partial charge in [0.25, 0.3) is 0 Å². The molecule has 0 aromatic rings. The Bertz CT molecular complexity index is 232. The van der Waals surface area contributed by atoms with Crippen LogP contribution in [0.1, 0.15) is 33.6 Å². The largest absolute Gasteiger partial charge is 0.465 e. The second kappa shape index (κ2) is 10.1. The van der Waals surface area contributed by atoms with Gasteiger partial charge in [0, 0.05) is 19.5 Å². The molecule has 100 valence electrons. The first-order valence-corrected chi connectivity index (χ1v) is 6.28. The summed E-state index contributed by atoms with van der Waals surface area (Å²) in [7, 11) is 0. The van der Waals surface area contributed by atoms with E-state index in [0.29, 0.717) is 26.1 Å². The number of amides is 1. The SMILES string of the molecule is CCCN(CCC(=O)NCC)CC(=O)OCC. The maximum Gasteiger partial charge on any atom is 0.320 e. The lowest BCUT2D eigenvalue weighted by molar-refractivity contribution is -0.144. The van der Waals surface area contributed by atoms with Crippen molar-refractivity contribution in [2.45, 2.75) is 33.6 Å². The fourth-order valence-electron chi connectivity index (χ4n) is 1.52. The van der Waals surface area contributed by atoms with Gasteiger partial charge in [0.05, 0.1) is 13.2 Å². The van der Waals surface area contributed by atoms with Crippen LogP contribution in [0.3, 0.4) is 0 Å². The molecule has 0 saturated heterocycles. The van der Waals surface area contributed by atoms with Crippen LogP contribution < -0.4 is 5.32 Å². The molecule has 0 aliphatic heterocycles. The summed E-state index contributed by atoms with van der Waals surface area (Å²) in [6, 6.07) is 0. The third kappa shape index (κ3) is 8.68. The predicted octanol–water partition coefficient (Wildman–Crippen LogP) is 0.788. The van der Waals surface area contributed by atoms with Crippen molar-refractivity contribution >= 4 is 11.9 Å². The minimum Gasteiger partial charge on any atom is -0.465 e. The zero-order valence-corrected chi connectivity index (χ0v) is 11.1. The van der Waals surface area contributed by atoms with Crippen molar-refractivity contribution in [3.8, 4) is 0 Å². The summed E-state index contributed by atoms with van der Waals surface area (Å²) >= 11 is 0. The number of hydrogen-bond donors (Lipinski definition) is 1. The van der Waals surface area contributed by atoms with Crippen molar-refractivity contribution in [3.05, 3.63) is 0 Å². The number of ether oxygens (including phenoxy) is 1. The number of esters is 1. The zero-order chi connectivity index (χ0) is 13.1. The fourth-order valence-corrected chi connectivity index (χ4v) is 1.52. The minimum absolute atomic E-state index is 0.0254. The molecule has 0 aromatic carbocycles. The molecule has 0 aromatic heterocycles. The number of carbonyl (C=O) groups is 2. The molecule has 0 aliphatic rings. The summed E-state index contributed by atoms with van der Waals surface area (Å²) in [6.07, 6.45) is 1.38. The highest BCUT2D eigenvalue weighted by Gasteiger charge is 2.12. The molecule has 0 aliphatic carbocycles. The van der Waals surface area contributed by atoms with Crippen molar-refractivity contribution in [3.63, 3.8) is 0 Å². The van der Waals surface area contributed by atoms with Crippen LogP contribution in [-0.2, 0) is 14.3 Å². The average molecular weight is 244 g/mol. The maximum atomic E-state index is 11.3. The summed E-state index contributed by atoms with van der Waals surface area (Å²) < 4.78 is 4.89. The lowest BCUT2D eigenvalue weighted by Crippen LogP contribution is -2.35. The number of carbonyl (C=O) groups excluding carboxylic acids is 2. The summed E-state index contributed by atoms with van der Waals surface area (Å²) in [4.78, 5) is 24.6. The van der Waals surface area contributed by atoms with Gasteiger partial charge in [-0.25, -0.2) is 0 Å². The van der Waals surface area contributed by atoms with Gasteiger partial charge in [-0.2, -0.15) is 0 Å². The van der Waals surface area contributed by atoms with Crippen LogP contribution in [-0.4, -0.2) is 49.6 Å². The summed E-state index contributed by atoms with van der Waals surface area (Å²) in [5, 5.41) is 2.74. The van der Waals surface area contributed by atoms with E-state index in [-0.39, 0.29) is 18.4 Å². The van der Waals surface area contributed by atoms with Gasteiger partial charge in [-0.05, 0) is 26.8 Å². The van der Waals surface area contributed by atoms with Gasteiger partial charge < -0.3 is 10.1 Å². The molecular formula is C12H24N2O3. The Balaban J connectivity index is 3.96. The lowest BCUT2D eigenvalue weighted by Gasteiger charge is -2.20. The van der Waals surface area contributed by atoms with E-state index in [1.807, 2.05) is 18.7 Å². The molecule has 0 heterocycles. The van der Waals surface area contributed by atoms with Crippen LogP contribution in [0.5, 0.6) is 0 Å². The Morgan fingerprint density at radius 1 is 1.18 bits per heavy atom. The second-order valence-corrected chi connectivity index (χ2v) is 3.78. The van der Waals surface area contributed by atoms with E-state index in [0.717, 1.165) is 13.0 Å². The molecule has 5 nitrogen and oxygen atoms in total. The van der Waals surface area contributed by atoms with E-state index in [2.05, 4.69) is 5.32 Å². The van der Waals surface area contributed by atoms with Crippen molar-refractivity contribution in [1.29, 1.82) is 0 Å². The van der Waals surface area contributed by atoms with Crippen LogP contribution >= 0.6 is 0 Å². The first-order chi connectivity index (χ1) is 8.13. The van der Waals surface area contributed by atoms with E-state index in [1.165, 1.54) is 0 Å². The highest BCUT2D eigenvalue weighted by atomic mass is 16.5. The zero-order valence-electron chi connectivity index (χ0n) is 11.1. The number of rotatable bonds is 9. The van der Waals surface area contributed by atoms with Gasteiger partial charge in [0.15, 0.2) is 0 Å². The molecule has 1 N–H and O–H groups in total. The Hall–Kier alpha value is -1.10. The number of nitrogens with one attached hydrogen (secondary N) is 1. The van der Waals surface area contributed by atoms with Crippen LogP contribution in [0.25, 0.3) is 0 Å². The molecule has 0 bridgehead atoms. The maximum absolute atomic E-state index is 11.3. The van der Waals surface area contributed by atoms with E-state index >= 15 is 0 Å². The monoisotopic (exact) mass is 244 g/mol. The van der Waals surface area contributed by atoms with Gasteiger partial charge in [-0.15, -0.1) is 0 Å². The smallest absolute Gasteiger partial charge is 0.320 e. The first kappa shape index (κ1) is 15.9. The van der Waals surface area contributed by atoms with Crippen molar-refractivity contribution < 1.29 is 14.3 Å². The Morgan fingerprint density at radius 3 is 2.41 bits per heavy atom. The van der Waals surface area contributed by atoms with Gasteiger partial charge >= 0.3 is 5.97 Å². The highest BCUT2D eigenvalue weighted by molar-refractivity contribution is 5.76. The van der Waals surface area contributed by atoms with Crippen LogP contribution in [0.15, 0.2) is 0 Å². The molecule has 0 saturated carbocycles. The molecule has 0 rings (SSSR count). The minimum atomic E-state index is -0.225. The quantitative estimate of drug-likeness (QED) is 0.609.